The number of anilines is 1. The van der Waals surface area contributed by atoms with Crippen molar-refractivity contribution < 1.29 is 4.79 Å². The average molecular weight is 496 g/mol. The summed E-state index contributed by atoms with van der Waals surface area (Å²) < 4.78 is 2.52. The van der Waals surface area contributed by atoms with Crippen LogP contribution in [0.4, 0.5) is 5.69 Å². The SMILES string of the molecule is Cc1nc(SCC(=O)Nc2c(Cl)ccc(C)c2Cl)c2c(=O)n(C)c(=O)n(CC(C)C)c2n1. The fourth-order valence-electron chi connectivity index (χ4n) is 3.16. The second-order valence-corrected chi connectivity index (χ2v) is 9.57. The van der Waals surface area contributed by atoms with E-state index in [1.54, 1.807) is 19.1 Å². The Balaban J connectivity index is 1.99. The number of nitrogens with one attached hydrogen (secondary N) is 1. The summed E-state index contributed by atoms with van der Waals surface area (Å²) in [6.07, 6.45) is 0. The number of carbonyl (C=O) groups excluding carboxylic acids is 1. The molecular formula is C21H23Cl2N5O3S. The van der Waals surface area contributed by atoms with Gasteiger partial charge in [0.15, 0.2) is 5.65 Å². The third-order valence-corrected chi connectivity index (χ3v) is 6.47. The zero-order valence-corrected chi connectivity index (χ0v) is 20.7. The van der Waals surface area contributed by atoms with E-state index >= 15 is 0 Å². The molecule has 1 N–H and O–H groups in total. The van der Waals surface area contributed by atoms with Gasteiger partial charge in [-0.05, 0) is 31.4 Å². The van der Waals surface area contributed by atoms with Gasteiger partial charge in [0, 0.05) is 13.6 Å². The summed E-state index contributed by atoms with van der Waals surface area (Å²) in [5, 5.41) is 3.96. The van der Waals surface area contributed by atoms with E-state index in [4.69, 9.17) is 23.2 Å². The van der Waals surface area contributed by atoms with Crippen LogP contribution in [0.5, 0.6) is 0 Å². The molecule has 0 saturated heterocycles. The van der Waals surface area contributed by atoms with Crippen LogP contribution < -0.4 is 16.6 Å². The molecule has 3 aromatic rings. The van der Waals surface area contributed by atoms with E-state index in [2.05, 4.69) is 15.3 Å². The fraction of sp³-hybridized carbons (Fsp3) is 0.381. The van der Waals surface area contributed by atoms with Crippen LogP contribution in [0.25, 0.3) is 11.0 Å². The van der Waals surface area contributed by atoms with Crippen LogP contribution in [0.3, 0.4) is 0 Å². The van der Waals surface area contributed by atoms with Gasteiger partial charge in [0.1, 0.15) is 16.2 Å². The third-order valence-electron chi connectivity index (χ3n) is 4.70. The smallest absolute Gasteiger partial charge is 0.323 e. The number of amides is 1. The van der Waals surface area contributed by atoms with E-state index < -0.39 is 11.2 Å². The van der Waals surface area contributed by atoms with Gasteiger partial charge in [-0.3, -0.25) is 18.7 Å². The lowest BCUT2D eigenvalue weighted by Crippen LogP contribution is -2.39. The van der Waals surface area contributed by atoms with Crippen LogP contribution in [0.15, 0.2) is 26.7 Å². The summed E-state index contributed by atoms with van der Waals surface area (Å²) in [5.41, 5.74) is 0.448. The fourth-order valence-corrected chi connectivity index (χ4v) is 4.48. The molecule has 11 heteroatoms. The Kier molecular flexibility index (Phi) is 7.32. The maximum Gasteiger partial charge on any atom is 0.332 e. The molecule has 0 radical (unpaired) electrons. The van der Waals surface area contributed by atoms with Crippen LogP contribution in [-0.4, -0.2) is 30.8 Å². The first-order valence-electron chi connectivity index (χ1n) is 9.86. The second kappa shape index (κ2) is 9.64. The summed E-state index contributed by atoms with van der Waals surface area (Å²) in [6.45, 7) is 7.83. The topological polar surface area (TPSA) is 98.9 Å². The zero-order chi connectivity index (χ0) is 23.7. The van der Waals surface area contributed by atoms with Crippen LogP contribution >= 0.6 is 35.0 Å². The van der Waals surface area contributed by atoms with E-state index in [0.717, 1.165) is 21.9 Å². The highest BCUT2D eigenvalue weighted by Crippen LogP contribution is 2.33. The minimum Gasteiger partial charge on any atom is -0.323 e. The van der Waals surface area contributed by atoms with Gasteiger partial charge in [-0.15, -0.1) is 0 Å². The van der Waals surface area contributed by atoms with Gasteiger partial charge in [-0.1, -0.05) is 54.9 Å². The summed E-state index contributed by atoms with van der Waals surface area (Å²) in [6, 6.07) is 3.42. The van der Waals surface area contributed by atoms with Gasteiger partial charge in [0.05, 0.1) is 21.5 Å². The number of nitrogens with zero attached hydrogens (tertiary/aromatic N) is 4. The van der Waals surface area contributed by atoms with E-state index in [1.165, 1.54) is 11.6 Å². The Hall–Kier alpha value is -2.36. The zero-order valence-electron chi connectivity index (χ0n) is 18.3. The number of aryl methyl sites for hydroxylation is 2. The molecule has 0 atom stereocenters. The molecule has 0 saturated carbocycles. The van der Waals surface area contributed by atoms with Crippen LogP contribution in [-0.2, 0) is 18.4 Å². The van der Waals surface area contributed by atoms with Gasteiger partial charge in [-0.25, -0.2) is 14.8 Å². The van der Waals surface area contributed by atoms with Crippen LogP contribution in [0.1, 0.15) is 25.2 Å². The molecule has 8 nitrogen and oxygen atoms in total. The Bertz CT molecular complexity index is 1330. The molecular weight excluding hydrogens is 473 g/mol. The van der Waals surface area contributed by atoms with Crippen molar-refractivity contribution in [1.29, 1.82) is 0 Å². The number of benzene rings is 1. The summed E-state index contributed by atoms with van der Waals surface area (Å²) in [5.74, 6) is 0.157. The quantitative estimate of drug-likeness (QED) is 0.412. The van der Waals surface area contributed by atoms with Crippen LogP contribution in [0, 0.1) is 19.8 Å². The molecule has 3 rings (SSSR count). The predicted octanol–water partition coefficient (Wildman–Crippen LogP) is 3.80. The lowest BCUT2D eigenvalue weighted by molar-refractivity contribution is -0.113. The molecule has 0 bridgehead atoms. The number of hydrogen-bond donors (Lipinski definition) is 1. The molecule has 170 valence electrons. The summed E-state index contributed by atoms with van der Waals surface area (Å²) in [4.78, 5) is 46.9. The molecule has 0 aliphatic rings. The molecule has 0 aliphatic heterocycles. The maximum absolute atomic E-state index is 12.9. The minimum atomic E-state index is -0.502. The predicted molar refractivity (Wildman–Crippen MR) is 129 cm³/mol. The van der Waals surface area contributed by atoms with Crippen molar-refractivity contribution in [2.75, 3.05) is 11.1 Å². The van der Waals surface area contributed by atoms with Gasteiger partial charge in [0.25, 0.3) is 5.56 Å². The third kappa shape index (κ3) is 4.84. The highest BCUT2D eigenvalue weighted by Gasteiger charge is 2.20. The first-order chi connectivity index (χ1) is 15.0. The largest absolute Gasteiger partial charge is 0.332 e. The molecule has 0 aliphatic carbocycles. The molecule has 2 heterocycles. The number of thioether (sulfide) groups is 1. The van der Waals surface area contributed by atoms with Gasteiger partial charge in [0.2, 0.25) is 5.91 Å². The normalized spacial score (nSPS) is 11.4. The van der Waals surface area contributed by atoms with Crippen molar-refractivity contribution >= 4 is 57.6 Å². The lowest BCUT2D eigenvalue weighted by Gasteiger charge is -2.15. The minimum absolute atomic E-state index is 0.0430. The molecule has 0 fully saturated rings. The van der Waals surface area contributed by atoms with Crippen molar-refractivity contribution in [2.45, 2.75) is 39.3 Å². The van der Waals surface area contributed by atoms with Crippen molar-refractivity contribution in [3.8, 4) is 0 Å². The first kappa shape index (κ1) is 24.3. The monoisotopic (exact) mass is 495 g/mol. The molecule has 1 amide bonds. The van der Waals surface area contributed by atoms with E-state index in [0.29, 0.717) is 33.1 Å². The number of carbonyl (C=O) groups is 1. The lowest BCUT2D eigenvalue weighted by atomic mass is 10.2. The average Bonchev–Trinajstić information content (AvgIpc) is 2.73. The second-order valence-electron chi connectivity index (χ2n) is 7.82. The molecule has 0 unspecified atom stereocenters. The van der Waals surface area contributed by atoms with Crippen molar-refractivity contribution in [1.82, 2.24) is 19.1 Å². The molecule has 1 aromatic carbocycles. The molecule has 0 spiro atoms. The van der Waals surface area contributed by atoms with Gasteiger partial charge < -0.3 is 5.32 Å². The Morgan fingerprint density at radius 3 is 2.53 bits per heavy atom. The summed E-state index contributed by atoms with van der Waals surface area (Å²) in [7, 11) is 1.42. The number of rotatable bonds is 6. The standard InChI is InChI=1S/C21H23Cl2N5O3S/c1-10(2)8-28-18-15(20(30)27(5)21(28)31)19(25-12(4)24-18)32-9-14(29)26-17-13(22)7-6-11(3)16(17)23/h6-7,10H,8-9H2,1-5H3,(H,26,29). The highest BCUT2D eigenvalue weighted by molar-refractivity contribution is 8.00. The first-order valence-corrected chi connectivity index (χ1v) is 11.6. The van der Waals surface area contributed by atoms with Crippen molar-refractivity contribution in [2.24, 2.45) is 13.0 Å². The maximum atomic E-state index is 12.9. The van der Waals surface area contributed by atoms with E-state index in [1.807, 2.05) is 20.8 Å². The van der Waals surface area contributed by atoms with E-state index in [-0.39, 0.29) is 28.6 Å². The number of halogens is 2. The Morgan fingerprint density at radius 1 is 1.19 bits per heavy atom. The highest BCUT2D eigenvalue weighted by atomic mass is 35.5. The van der Waals surface area contributed by atoms with Crippen molar-refractivity contribution in [3.05, 3.63) is 54.4 Å². The Labute approximate surface area is 199 Å². The van der Waals surface area contributed by atoms with Crippen LogP contribution in [0.2, 0.25) is 10.0 Å². The van der Waals surface area contributed by atoms with Crippen molar-refractivity contribution in [3.63, 3.8) is 0 Å². The molecule has 32 heavy (non-hydrogen) atoms. The van der Waals surface area contributed by atoms with Gasteiger partial charge in [-0.2, -0.15) is 0 Å². The van der Waals surface area contributed by atoms with Gasteiger partial charge >= 0.3 is 5.69 Å². The number of hydrogen-bond acceptors (Lipinski definition) is 6. The number of fused-ring (bicyclic) bond motifs is 1. The Morgan fingerprint density at radius 2 is 1.88 bits per heavy atom. The summed E-state index contributed by atoms with van der Waals surface area (Å²) >= 11 is 13.5. The number of aromatic nitrogens is 4. The molecule has 2 aromatic heterocycles. The van der Waals surface area contributed by atoms with E-state index in [9.17, 15) is 14.4 Å².